The Balaban J connectivity index is 2.45. The molecule has 0 radical (unpaired) electrons. The van der Waals surface area contributed by atoms with E-state index in [1.165, 1.54) is 12.8 Å². The average Bonchev–Trinajstić information content (AvgIpc) is 2.59. The molecule has 17 heavy (non-hydrogen) atoms. The maximum Gasteiger partial charge on any atom is 0.256 e. The highest BCUT2D eigenvalue weighted by Crippen LogP contribution is 2.44. The molecule has 0 aromatic heterocycles. The quantitative estimate of drug-likeness (QED) is 0.571. The Labute approximate surface area is 102 Å². The van der Waals surface area contributed by atoms with Crippen LogP contribution in [-0.2, 0) is 4.79 Å². The Bertz CT molecular complexity index is 513. The standard InChI is InChI=1S/C15H17NO/c1-11-5-6-13(10-12(9-11)14(16)17)15(2)7-3-4-8-15/h10H,3-4,7-8H2,1-2H3,(H2,16,17). The molecule has 1 amide bonds. The van der Waals surface area contributed by atoms with Gasteiger partial charge in [-0.3, -0.25) is 4.79 Å². The first-order valence-corrected chi connectivity index (χ1v) is 6.03. The molecule has 0 saturated heterocycles. The molecule has 0 heterocycles. The summed E-state index contributed by atoms with van der Waals surface area (Å²) in [7, 11) is 0. The van der Waals surface area contributed by atoms with Gasteiger partial charge in [0, 0.05) is 16.6 Å². The van der Waals surface area contributed by atoms with Crippen LogP contribution >= 0.6 is 0 Å². The van der Waals surface area contributed by atoms with Crippen molar-refractivity contribution in [1.82, 2.24) is 0 Å². The van der Waals surface area contributed by atoms with Crippen LogP contribution in [0.4, 0.5) is 0 Å². The summed E-state index contributed by atoms with van der Waals surface area (Å²) in [6.07, 6.45) is 6.57. The minimum absolute atomic E-state index is 0.111. The molecule has 0 atom stereocenters. The number of primary amides is 1. The van der Waals surface area contributed by atoms with Gasteiger partial charge in [-0.05, 0) is 25.8 Å². The molecule has 2 N–H and O–H groups in total. The molecular weight excluding hydrogens is 210 g/mol. The van der Waals surface area contributed by atoms with Crippen LogP contribution in [0.3, 0.4) is 0 Å². The van der Waals surface area contributed by atoms with Crippen molar-refractivity contribution in [2.24, 2.45) is 11.1 Å². The first kappa shape index (κ1) is 11.8. The number of carbonyl (C=O) groups excluding carboxylic acids is 1. The van der Waals surface area contributed by atoms with Crippen molar-refractivity contribution in [1.29, 1.82) is 0 Å². The van der Waals surface area contributed by atoms with E-state index < -0.39 is 5.91 Å². The van der Waals surface area contributed by atoms with Crippen LogP contribution in [0.25, 0.3) is 0 Å². The first-order valence-electron chi connectivity index (χ1n) is 6.03. The molecule has 0 aromatic rings. The maximum atomic E-state index is 11.3. The van der Waals surface area contributed by atoms with Crippen molar-refractivity contribution in [2.45, 2.75) is 39.5 Å². The van der Waals surface area contributed by atoms with Crippen molar-refractivity contribution in [3.63, 3.8) is 0 Å². The van der Waals surface area contributed by atoms with Gasteiger partial charge in [-0.25, -0.2) is 0 Å². The van der Waals surface area contributed by atoms with Crippen LogP contribution in [0.2, 0.25) is 0 Å². The second kappa shape index (κ2) is 4.28. The normalized spacial score (nSPS) is 21.6. The van der Waals surface area contributed by atoms with Crippen molar-refractivity contribution in [3.05, 3.63) is 28.5 Å². The Morgan fingerprint density at radius 2 is 2.00 bits per heavy atom. The van der Waals surface area contributed by atoms with Crippen molar-refractivity contribution < 1.29 is 4.79 Å². The van der Waals surface area contributed by atoms with Crippen LogP contribution in [-0.4, -0.2) is 5.91 Å². The van der Waals surface area contributed by atoms with Crippen LogP contribution in [0, 0.1) is 17.3 Å². The molecule has 88 valence electrons. The number of rotatable bonds is 2. The molecule has 0 aliphatic heterocycles. The molecule has 1 fully saturated rings. The molecule has 2 rings (SSSR count). The fourth-order valence-electron chi connectivity index (χ4n) is 2.49. The van der Waals surface area contributed by atoms with Gasteiger partial charge in [0.2, 0.25) is 0 Å². The number of allylic oxidation sites excluding steroid dienone is 1. The molecule has 2 aliphatic carbocycles. The summed E-state index contributed by atoms with van der Waals surface area (Å²) in [6, 6.07) is 0. The van der Waals surface area contributed by atoms with Crippen LogP contribution in [0.5, 0.6) is 0 Å². The summed E-state index contributed by atoms with van der Waals surface area (Å²) >= 11 is 0. The largest absolute Gasteiger partial charge is 0.365 e. The summed E-state index contributed by atoms with van der Waals surface area (Å²) in [4.78, 5) is 11.3. The zero-order chi connectivity index (χ0) is 12.5. The predicted molar refractivity (Wildman–Crippen MR) is 67.8 cm³/mol. The Morgan fingerprint density at radius 1 is 1.35 bits per heavy atom. The van der Waals surface area contributed by atoms with Gasteiger partial charge in [0.15, 0.2) is 0 Å². The van der Waals surface area contributed by atoms with E-state index in [0.29, 0.717) is 5.57 Å². The van der Waals surface area contributed by atoms with Crippen LogP contribution < -0.4 is 5.73 Å². The van der Waals surface area contributed by atoms with E-state index in [0.717, 1.165) is 24.0 Å². The molecule has 2 heteroatoms. The second-order valence-electron chi connectivity index (χ2n) is 5.10. The van der Waals surface area contributed by atoms with E-state index in [4.69, 9.17) is 5.73 Å². The third kappa shape index (κ3) is 2.35. The lowest BCUT2D eigenvalue weighted by molar-refractivity contribution is -0.114. The van der Waals surface area contributed by atoms with Gasteiger partial charge < -0.3 is 5.73 Å². The van der Waals surface area contributed by atoms with E-state index in [1.54, 1.807) is 0 Å². The third-order valence-electron chi connectivity index (χ3n) is 3.62. The fraction of sp³-hybridized carbons (Fsp3) is 0.467. The van der Waals surface area contributed by atoms with E-state index in [1.807, 2.05) is 13.0 Å². The average molecular weight is 227 g/mol. The third-order valence-corrected chi connectivity index (χ3v) is 3.62. The van der Waals surface area contributed by atoms with E-state index in [9.17, 15) is 4.79 Å². The fourth-order valence-corrected chi connectivity index (χ4v) is 2.49. The summed E-state index contributed by atoms with van der Waals surface area (Å²) in [5.74, 6) is 5.79. The predicted octanol–water partition coefficient (Wildman–Crippen LogP) is 2.47. The summed E-state index contributed by atoms with van der Waals surface area (Å²) in [5.41, 5.74) is 10.7. The van der Waals surface area contributed by atoms with Crippen molar-refractivity contribution in [3.8, 4) is 11.8 Å². The maximum absolute atomic E-state index is 11.3. The van der Waals surface area contributed by atoms with Crippen molar-refractivity contribution in [2.75, 3.05) is 0 Å². The second-order valence-corrected chi connectivity index (χ2v) is 5.10. The number of hydrogen-bond acceptors (Lipinski definition) is 1. The van der Waals surface area contributed by atoms with Crippen LogP contribution in [0.15, 0.2) is 28.5 Å². The van der Waals surface area contributed by atoms with E-state index >= 15 is 0 Å². The number of amides is 1. The molecule has 2 aliphatic rings. The number of hydrogen-bond donors (Lipinski definition) is 1. The highest BCUT2D eigenvalue weighted by Gasteiger charge is 2.32. The van der Waals surface area contributed by atoms with Gasteiger partial charge in [-0.15, -0.1) is 0 Å². The molecule has 0 unspecified atom stereocenters. The molecule has 0 bridgehead atoms. The highest BCUT2D eigenvalue weighted by atomic mass is 16.1. The van der Waals surface area contributed by atoms with Gasteiger partial charge in [-0.1, -0.05) is 37.3 Å². The van der Waals surface area contributed by atoms with E-state index in [-0.39, 0.29) is 5.41 Å². The Hall–Kier alpha value is -1.71. The Morgan fingerprint density at radius 3 is 2.59 bits per heavy atom. The van der Waals surface area contributed by atoms with E-state index in [2.05, 4.69) is 24.5 Å². The minimum atomic E-state index is -0.436. The monoisotopic (exact) mass is 227 g/mol. The zero-order valence-electron chi connectivity index (χ0n) is 10.4. The number of nitrogens with two attached hydrogens (primary N) is 1. The molecular formula is C15H17NO. The van der Waals surface area contributed by atoms with Gasteiger partial charge in [0.05, 0.1) is 5.57 Å². The highest BCUT2D eigenvalue weighted by molar-refractivity contribution is 5.95. The van der Waals surface area contributed by atoms with Crippen molar-refractivity contribution >= 4 is 5.91 Å². The summed E-state index contributed by atoms with van der Waals surface area (Å²) in [6.45, 7) is 4.07. The zero-order valence-corrected chi connectivity index (χ0v) is 10.4. The summed E-state index contributed by atoms with van der Waals surface area (Å²) < 4.78 is 0. The molecule has 0 aromatic carbocycles. The van der Waals surface area contributed by atoms with Gasteiger partial charge >= 0.3 is 0 Å². The van der Waals surface area contributed by atoms with Gasteiger partial charge in [0.25, 0.3) is 5.91 Å². The first-order chi connectivity index (χ1) is 8.01. The van der Waals surface area contributed by atoms with Gasteiger partial charge in [0.1, 0.15) is 0 Å². The lowest BCUT2D eigenvalue weighted by atomic mass is 9.80. The number of carbonyl (C=O) groups is 1. The lowest BCUT2D eigenvalue weighted by Crippen LogP contribution is -2.16. The van der Waals surface area contributed by atoms with Crippen LogP contribution in [0.1, 0.15) is 39.5 Å². The smallest absolute Gasteiger partial charge is 0.256 e. The lowest BCUT2D eigenvalue weighted by Gasteiger charge is -2.23. The molecule has 2 nitrogen and oxygen atoms in total. The summed E-state index contributed by atoms with van der Waals surface area (Å²) in [5, 5.41) is 0. The SMILES string of the molecule is CC1=C=C(C(N)=O)C=C(C2(C)CCCC2)C#C1. The molecule has 0 spiro atoms. The topological polar surface area (TPSA) is 43.1 Å². The Kier molecular flexibility index (Phi) is 2.96. The molecule has 1 saturated carbocycles. The van der Waals surface area contributed by atoms with Gasteiger partial charge in [-0.2, -0.15) is 0 Å². The minimum Gasteiger partial charge on any atom is -0.365 e.